The lowest BCUT2D eigenvalue weighted by atomic mass is 9.88. The molecule has 0 aliphatic rings. The number of nitrogens with zero attached hydrogens (tertiary/aromatic N) is 2. The number of aliphatic imine (C=N–C) groups is 1. The highest BCUT2D eigenvalue weighted by Crippen LogP contribution is 2.38. The third-order valence-corrected chi connectivity index (χ3v) is 10.0. The minimum atomic E-state index is 0.854. The van der Waals surface area contributed by atoms with Crippen LogP contribution < -0.4 is 10.4 Å². The highest BCUT2D eigenvalue weighted by molar-refractivity contribution is 6.02. The summed E-state index contributed by atoms with van der Waals surface area (Å²) >= 11 is 0. The largest absolute Gasteiger partial charge is 0.256 e. The number of allylic oxidation sites excluding steroid dienone is 2. The zero-order valence-corrected chi connectivity index (χ0v) is 31.8. The summed E-state index contributed by atoms with van der Waals surface area (Å²) in [7, 11) is 0. The first-order valence-corrected chi connectivity index (χ1v) is 18.6. The van der Waals surface area contributed by atoms with Crippen LogP contribution in [0.1, 0.15) is 54.2 Å². The van der Waals surface area contributed by atoms with E-state index in [1.165, 1.54) is 0 Å². The van der Waals surface area contributed by atoms with E-state index in [9.17, 15) is 0 Å². The van der Waals surface area contributed by atoms with Gasteiger partial charge in [-0.05, 0) is 106 Å². The Balaban J connectivity index is 1.44. The Labute approximate surface area is 324 Å². The highest BCUT2D eigenvalue weighted by atomic mass is 14.8. The lowest BCUT2D eigenvalue weighted by molar-refractivity contribution is 1.36. The predicted octanol–water partition coefficient (Wildman–Crippen LogP) is 12.7. The Morgan fingerprint density at radius 1 is 0.582 bits per heavy atom. The molecular formula is C53H44N2. The van der Waals surface area contributed by atoms with Crippen molar-refractivity contribution in [1.82, 2.24) is 4.98 Å². The van der Waals surface area contributed by atoms with Gasteiger partial charge in [0.2, 0.25) is 0 Å². The van der Waals surface area contributed by atoms with Gasteiger partial charge in [0.25, 0.3) is 0 Å². The Hall–Kier alpha value is -6.90. The summed E-state index contributed by atoms with van der Waals surface area (Å²) in [6.07, 6.45) is 14.2. The normalized spacial score (nSPS) is 12.4. The van der Waals surface area contributed by atoms with Gasteiger partial charge >= 0.3 is 0 Å². The zero-order chi connectivity index (χ0) is 38.3. The van der Waals surface area contributed by atoms with E-state index in [2.05, 4.69) is 165 Å². The summed E-state index contributed by atoms with van der Waals surface area (Å²) in [6.45, 7) is 19.1. The van der Waals surface area contributed by atoms with Crippen LogP contribution in [0, 0.1) is 0 Å². The maximum Gasteiger partial charge on any atom is 0.0784 e. The van der Waals surface area contributed by atoms with E-state index in [4.69, 9.17) is 4.99 Å². The molecule has 0 saturated carbocycles. The third kappa shape index (κ3) is 7.49. The minimum Gasteiger partial charge on any atom is -0.256 e. The molecule has 6 aromatic carbocycles. The average molecular weight is 709 g/mol. The van der Waals surface area contributed by atoms with Crippen molar-refractivity contribution in [2.24, 2.45) is 4.99 Å². The molecule has 7 aromatic rings. The highest BCUT2D eigenvalue weighted by Gasteiger charge is 2.15. The molecule has 0 fully saturated rings. The average Bonchev–Trinajstić information content (AvgIpc) is 3.23. The van der Waals surface area contributed by atoms with E-state index in [-0.39, 0.29) is 0 Å². The lowest BCUT2D eigenvalue weighted by Crippen LogP contribution is -2.27. The third-order valence-electron chi connectivity index (χ3n) is 10.0. The minimum absolute atomic E-state index is 0.854. The van der Waals surface area contributed by atoms with Gasteiger partial charge < -0.3 is 0 Å². The molecule has 2 nitrogen and oxygen atoms in total. The summed E-state index contributed by atoms with van der Waals surface area (Å²) in [6, 6.07) is 47.0. The second-order valence-electron chi connectivity index (χ2n) is 13.5. The molecule has 266 valence electrons. The first-order valence-electron chi connectivity index (χ1n) is 18.6. The summed E-state index contributed by atoms with van der Waals surface area (Å²) in [5, 5.41) is 2.86. The van der Waals surface area contributed by atoms with Gasteiger partial charge in [0.15, 0.2) is 0 Å². The fraction of sp³-hybridized carbons (Fsp3) is 0.0566. The number of hydrogen-bond acceptors (Lipinski definition) is 2. The summed E-state index contributed by atoms with van der Waals surface area (Å²) in [5.74, 6) is 0. The molecule has 1 aromatic heterocycles. The van der Waals surface area contributed by atoms with Crippen molar-refractivity contribution in [2.45, 2.75) is 20.8 Å². The molecule has 0 bridgehead atoms. The summed E-state index contributed by atoms with van der Waals surface area (Å²) < 4.78 is 0. The molecule has 0 N–H and O–H groups in total. The van der Waals surface area contributed by atoms with Crippen LogP contribution in [-0.4, -0.2) is 10.7 Å². The van der Waals surface area contributed by atoms with Crippen LogP contribution >= 0.6 is 0 Å². The van der Waals surface area contributed by atoms with E-state index in [1.807, 2.05) is 56.5 Å². The van der Waals surface area contributed by atoms with Gasteiger partial charge in [-0.15, -0.1) is 0 Å². The standard InChI is InChI=1S/C53H44N2/c1-7-17-40-21-14-24-50(47(40)9-3)45-33-44(34-46(35-45)51-25-15-22-41(18-8-2)48(51)10-4)39-26-28-43(29-27-39)53(55-37(6)38-19-12-11-13-20-38)49-31-30-42-23-16-32-54-52(42)36(49)5/h7-35H,3-5H2,1-2,6H3/b17-7-,18-8-,53-49-,55-37?. The Bertz CT molecular complexity index is 2680. The molecule has 0 aliphatic carbocycles. The first-order chi connectivity index (χ1) is 26.9. The molecule has 0 spiro atoms. The van der Waals surface area contributed by atoms with Gasteiger partial charge in [-0.1, -0.05) is 165 Å². The van der Waals surface area contributed by atoms with Gasteiger partial charge in [0.1, 0.15) is 0 Å². The molecular weight excluding hydrogens is 665 g/mol. The van der Waals surface area contributed by atoms with Crippen LogP contribution in [0.3, 0.4) is 0 Å². The maximum absolute atomic E-state index is 5.29. The molecule has 1 heterocycles. The molecule has 0 amide bonds. The first kappa shape index (κ1) is 36.5. The zero-order valence-electron chi connectivity index (χ0n) is 31.8. The van der Waals surface area contributed by atoms with Crippen LogP contribution in [0.25, 0.3) is 80.9 Å². The number of hydrogen-bond donors (Lipinski definition) is 0. The Morgan fingerprint density at radius 3 is 1.76 bits per heavy atom. The molecule has 0 saturated heterocycles. The number of rotatable bonds is 10. The summed E-state index contributed by atoms with van der Waals surface area (Å²) in [4.78, 5) is 9.97. The van der Waals surface area contributed by atoms with E-state index in [0.29, 0.717) is 0 Å². The molecule has 0 atom stereocenters. The SMILES string of the molecule is C=Cc1c(/C=C\C)cccc1-c1cc(-c2ccc(/C(N=C(C)c3ccccc3)=c3\ccc4cccnc4c3=C)cc2)cc(-c2cccc(/C=C\C)c2C=C)c1. The van der Waals surface area contributed by atoms with E-state index in [0.717, 1.165) is 99.5 Å². The fourth-order valence-electron chi connectivity index (χ4n) is 7.32. The lowest BCUT2D eigenvalue weighted by Gasteiger charge is -2.16. The van der Waals surface area contributed by atoms with Crippen LogP contribution in [0.5, 0.6) is 0 Å². The van der Waals surface area contributed by atoms with Crippen LogP contribution in [-0.2, 0) is 0 Å². The van der Waals surface area contributed by atoms with E-state index in [1.54, 1.807) is 0 Å². The van der Waals surface area contributed by atoms with Crippen LogP contribution in [0.2, 0.25) is 0 Å². The van der Waals surface area contributed by atoms with Crippen molar-refractivity contribution < 1.29 is 0 Å². The monoisotopic (exact) mass is 708 g/mol. The number of benzene rings is 6. The molecule has 0 radical (unpaired) electrons. The van der Waals surface area contributed by atoms with Crippen molar-refractivity contribution in [2.75, 3.05) is 0 Å². The van der Waals surface area contributed by atoms with E-state index >= 15 is 0 Å². The maximum atomic E-state index is 5.29. The number of aromatic nitrogens is 1. The second-order valence-corrected chi connectivity index (χ2v) is 13.5. The van der Waals surface area contributed by atoms with Gasteiger partial charge in [0.05, 0.1) is 11.2 Å². The molecule has 2 heteroatoms. The Kier molecular flexibility index (Phi) is 10.9. The van der Waals surface area contributed by atoms with Gasteiger partial charge in [0, 0.05) is 33.3 Å². The molecule has 0 aliphatic heterocycles. The number of pyridine rings is 1. The van der Waals surface area contributed by atoms with E-state index < -0.39 is 0 Å². The number of fused-ring (bicyclic) bond motifs is 1. The summed E-state index contributed by atoms with van der Waals surface area (Å²) in [5.41, 5.74) is 15.9. The van der Waals surface area contributed by atoms with Crippen molar-refractivity contribution in [3.8, 4) is 33.4 Å². The quantitative estimate of drug-likeness (QED) is 0.130. The molecule has 55 heavy (non-hydrogen) atoms. The van der Waals surface area contributed by atoms with Gasteiger partial charge in [-0.2, -0.15) is 0 Å². The van der Waals surface area contributed by atoms with Crippen molar-refractivity contribution >= 4 is 53.2 Å². The molecule has 7 rings (SSSR count). The van der Waals surface area contributed by atoms with Gasteiger partial charge in [-0.3, -0.25) is 9.98 Å². The van der Waals surface area contributed by atoms with Crippen molar-refractivity contribution in [3.05, 3.63) is 209 Å². The topological polar surface area (TPSA) is 25.2 Å². The fourth-order valence-corrected chi connectivity index (χ4v) is 7.32. The predicted molar refractivity (Wildman–Crippen MR) is 240 cm³/mol. The van der Waals surface area contributed by atoms with Crippen LogP contribution in [0.15, 0.2) is 170 Å². The van der Waals surface area contributed by atoms with Gasteiger partial charge in [-0.25, -0.2) is 0 Å². The molecule has 0 unspecified atom stereocenters. The Morgan fingerprint density at radius 2 is 1.18 bits per heavy atom. The smallest absolute Gasteiger partial charge is 0.0784 e. The van der Waals surface area contributed by atoms with Crippen LogP contribution in [0.4, 0.5) is 0 Å². The van der Waals surface area contributed by atoms with Crippen molar-refractivity contribution in [3.63, 3.8) is 0 Å². The second kappa shape index (κ2) is 16.4. The van der Waals surface area contributed by atoms with Crippen molar-refractivity contribution in [1.29, 1.82) is 0 Å².